The molecule has 0 saturated carbocycles. The fourth-order valence-electron chi connectivity index (χ4n) is 6.26. The van der Waals surface area contributed by atoms with Gasteiger partial charge in [-0.3, -0.25) is 14.8 Å². The molecule has 1 radical (unpaired) electrons. The monoisotopic (exact) mass is 863 g/mol. The third-order valence-corrected chi connectivity index (χ3v) is 10.3. The minimum absolute atomic E-state index is 0. The Morgan fingerprint density at radius 1 is 0.939 bits per heavy atom. The number of hydrogen-bond donors (Lipinski definition) is 1. The summed E-state index contributed by atoms with van der Waals surface area (Å²) in [6, 6.07) is 19.0. The Morgan fingerprint density at radius 2 is 1.51 bits per heavy atom. The SMILES string of the molecule is CCC(CC)C(=O)/C=C(\O)C(CC)CC.Cc1cc(C)c(-c2ccnc(-c3[c-]c4ccccc4cc3[N]([Al]([F])[F])C(C)(C)C)n2)c(C)c1.[Ir]. The van der Waals surface area contributed by atoms with Gasteiger partial charge in [0.05, 0.1) is 17.3 Å². The first kappa shape index (κ1) is 42.2. The van der Waals surface area contributed by atoms with Crippen LogP contribution in [0.4, 0.5) is 12.7 Å². The van der Waals surface area contributed by atoms with E-state index in [0.29, 0.717) is 17.1 Å². The van der Waals surface area contributed by atoms with Crippen molar-refractivity contribution in [3.63, 3.8) is 0 Å². The Labute approximate surface area is 311 Å². The van der Waals surface area contributed by atoms with Crippen LogP contribution in [0.2, 0.25) is 0 Å². The van der Waals surface area contributed by atoms with E-state index in [0.717, 1.165) is 58.8 Å². The van der Waals surface area contributed by atoms with Crippen molar-refractivity contribution in [1.82, 2.24) is 9.97 Å². The number of aryl methyl sites for hydroxylation is 3. The Balaban J connectivity index is 0.000000444. The van der Waals surface area contributed by atoms with Gasteiger partial charge >= 0.3 is 15.3 Å². The molecule has 4 rings (SSSR count). The number of allylic oxidation sites excluding steroid dienone is 2. The number of aromatic nitrogens is 2. The zero-order valence-corrected chi connectivity index (χ0v) is 34.2. The maximum Gasteiger partial charge on any atom is 0.929 e. The molecule has 1 N–H and O–H groups in total. The molecule has 1 heterocycles. The first-order valence-corrected chi connectivity index (χ1v) is 18.4. The van der Waals surface area contributed by atoms with Crippen LogP contribution in [0.5, 0.6) is 0 Å². The van der Waals surface area contributed by atoms with Gasteiger partial charge in [0.15, 0.2) is 5.78 Å². The summed E-state index contributed by atoms with van der Waals surface area (Å²) in [5.41, 5.74) is 5.43. The van der Waals surface area contributed by atoms with Crippen molar-refractivity contribution in [3.8, 4) is 22.6 Å². The topological polar surface area (TPSA) is 66.3 Å². The number of ketones is 1. The molecule has 0 spiro atoms. The zero-order chi connectivity index (χ0) is 35.8. The van der Waals surface area contributed by atoms with Crippen LogP contribution in [0.25, 0.3) is 33.4 Å². The van der Waals surface area contributed by atoms with Crippen LogP contribution < -0.4 is 3.88 Å². The number of rotatable bonds is 11. The molecule has 0 fully saturated rings. The van der Waals surface area contributed by atoms with E-state index in [1.807, 2.05) is 64.1 Å². The van der Waals surface area contributed by atoms with Crippen molar-refractivity contribution in [2.45, 2.75) is 100 Å². The Hall–Kier alpha value is -2.95. The number of aliphatic hydroxyl groups excluding tert-OH is 1. The van der Waals surface area contributed by atoms with Crippen molar-refractivity contribution in [1.29, 1.82) is 0 Å². The molecule has 4 aromatic rings. The fraction of sp³-hybridized carbons (Fsp3) is 0.425. The molecule has 9 heteroatoms. The molecule has 49 heavy (non-hydrogen) atoms. The summed E-state index contributed by atoms with van der Waals surface area (Å²) in [5.74, 6) is 0.947. The van der Waals surface area contributed by atoms with E-state index < -0.39 is 20.8 Å². The number of carbonyl (C=O) groups is 1. The number of halogens is 2. The first-order valence-electron chi connectivity index (χ1n) is 17.0. The van der Waals surface area contributed by atoms with E-state index in [2.05, 4.69) is 44.0 Å². The van der Waals surface area contributed by atoms with Crippen LogP contribution in [0.15, 0.2) is 66.6 Å². The second-order valence-corrected chi connectivity index (χ2v) is 14.5. The molecule has 0 aliphatic carbocycles. The zero-order valence-electron chi connectivity index (χ0n) is 30.6. The van der Waals surface area contributed by atoms with Gasteiger partial charge in [-0.2, -0.15) is 0 Å². The molecule has 0 aliphatic heterocycles. The van der Waals surface area contributed by atoms with E-state index >= 15 is 0 Å². The summed E-state index contributed by atoms with van der Waals surface area (Å²) < 4.78 is 30.2. The van der Waals surface area contributed by atoms with Crippen LogP contribution in [0, 0.1) is 38.7 Å². The maximum absolute atomic E-state index is 14.5. The first-order chi connectivity index (χ1) is 22.7. The molecule has 0 unspecified atom stereocenters. The van der Waals surface area contributed by atoms with Gasteiger partial charge in [0.25, 0.3) is 0 Å². The Bertz CT molecular complexity index is 1710. The van der Waals surface area contributed by atoms with E-state index in [1.54, 1.807) is 27.0 Å². The summed E-state index contributed by atoms with van der Waals surface area (Å²) in [5, 5.41) is 11.5. The second kappa shape index (κ2) is 18.9. The minimum Gasteiger partial charge on any atom is -0.512 e. The van der Waals surface area contributed by atoms with Gasteiger partial charge in [-0.1, -0.05) is 74.5 Å². The summed E-state index contributed by atoms with van der Waals surface area (Å²) in [4.78, 5) is 21.1. The van der Waals surface area contributed by atoms with Crippen LogP contribution in [0.3, 0.4) is 0 Å². The molecule has 0 saturated heterocycles. The standard InChI is InChI=1S/C27H27N3.C13H24O2.Al.2FH.Ir/c1-17-13-18(2)25(19(3)14-17)23-11-12-28-26(29-23)22-15-20-9-7-8-10-21(20)16-24(22)30-27(4,5)6;1-5-10(6-2)12(14)9-13(15)11(7-3)8-4;;;;/h7-14,16H,1-6H3;9-11,14H,5-8H2,1-4H3;;2*1H;/q-2;;+3;;;/p-2/b;12-9-;;;;. The maximum atomic E-state index is 14.5. The predicted octanol–water partition coefficient (Wildman–Crippen LogP) is 11.1. The normalized spacial score (nSPS) is 11.7. The summed E-state index contributed by atoms with van der Waals surface area (Å²) in [6.07, 6.45) is 6.61. The molecular formula is C40H51AlF2IrN3O2-. The largest absolute Gasteiger partial charge is 0.929 e. The van der Waals surface area contributed by atoms with Crippen LogP contribution in [-0.2, 0) is 24.9 Å². The average Bonchev–Trinajstić information content (AvgIpc) is 3.01. The number of benzene rings is 3. The summed E-state index contributed by atoms with van der Waals surface area (Å²) >= 11 is -4.21. The van der Waals surface area contributed by atoms with E-state index in [9.17, 15) is 16.9 Å². The minimum atomic E-state index is -4.21. The number of hydrogen-bond acceptors (Lipinski definition) is 5. The number of fused-ring (bicyclic) bond motifs is 1. The molecule has 0 atom stereocenters. The van der Waals surface area contributed by atoms with Crippen LogP contribution in [-0.4, -0.2) is 41.7 Å². The molecule has 3 aromatic carbocycles. The van der Waals surface area contributed by atoms with Gasteiger partial charge in [0.1, 0.15) is 0 Å². The molecule has 0 amide bonds. The molecule has 0 aliphatic rings. The molecular weight excluding hydrogens is 812 g/mol. The van der Waals surface area contributed by atoms with Crippen molar-refractivity contribution >= 4 is 37.5 Å². The molecule has 1 aromatic heterocycles. The second-order valence-electron chi connectivity index (χ2n) is 13.5. The van der Waals surface area contributed by atoms with Gasteiger partial charge in [0, 0.05) is 55.3 Å². The van der Waals surface area contributed by atoms with Gasteiger partial charge in [-0.25, -0.2) is 0 Å². The third kappa shape index (κ3) is 10.8. The Morgan fingerprint density at radius 3 is 2.04 bits per heavy atom. The Kier molecular flexibility index (Phi) is 16.3. The fourth-order valence-corrected chi connectivity index (χ4v) is 7.26. The van der Waals surface area contributed by atoms with E-state index in [1.165, 1.54) is 15.5 Å². The van der Waals surface area contributed by atoms with E-state index in [4.69, 9.17) is 4.98 Å². The quantitative estimate of drug-likeness (QED) is 0.0704. The molecule has 5 nitrogen and oxygen atoms in total. The van der Waals surface area contributed by atoms with Crippen molar-refractivity contribution in [2.75, 3.05) is 3.88 Å². The van der Waals surface area contributed by atoms with Gasteiger partial charge in [-0.05, 0) is 90.1 Å². The number of anilines is 1. The smallest absolute Gasteiger partial charge is 0.512 e. The van der Waals surface area contributed by atoms with Gasteiger partial charge < -0.3 is 16.0 Å². The third-order valence-electron chi connectivity index (χ3n) is 8.84. The van der Waals surface area contributed by atoms with E-state index in [-0.39, 0.29) is 43.5 Å². The van der Waals surface area contributed by atoms with Crippen molar-refractivity contribution in [2.24, 2.45) is 11.8 Å². The predicted molar refractivity (Wildman–Crippen MR) is 198 cm³/mol. The molecule has 0 bridgehead atoms. The summed E-state index contributed by atoms with van der Waals surface area (Å²) in [7, 11) is 0. The van der Waals surface area contributed by atoms with Crippen LogP contribution >= 0.6 is 0 Å². The van der Waals surface area contributed by atoms with Crippen molar-refractivity contribution < 1.29 is 37.1 Å². The summed E-state index contributed by atoms with van der Waals surface area (Å²) in [6.45, 7) is 19.7. The average molecular weight is 863 g/mol. The van der Waals surface area contributed by atoms with Crippen molar-refractivity contribution in [3.05, 3.63) is 89.3 Å². The van der Waals surface area contributed by atoms with Gasteiger partial charge in [0.2, 0.25) is 0 Å². The number of nitrogens with zero attached hydrogens (tertiary/aromatic N) is 3. The van der Waals surface area contributed by atoms with Gasteiger partial charge in [-0.15, -0.1) is 23.6 Å². The van der Waals surface area contributed by atoms with Crippen LogP contribution in [0.1, 0.15) is 90.8 Å². The number of carbonyl (C=O) groups excluding carboxylic acids is 1. The molecule has 265 valence electrons. The number of aliphatic hydroxyl groups is 1.